The molecule has 5 heteroatoms. The highest BCUT2D eigenvalue weighted by Crippen LogP contribution is 2.33. The van der Waals surface area contributed by atoms with Gasteiger partial charge in [0, 0.05) is 24.3 Å². The zero-order valence-corrected chi connectivity index (χ0v) is 13.0. The van der Waals surface area contributed by atoms with E-state index >= 15 is 0 Å². The molecular formula is C18H17N3O2. The van der Waals surface area contributed by atoms with Crippen LogP contribution in [0.25, 0.3) is 11.0 Å². The molecule has 0 saturated carbocycles. The Morgan fingerprint density at radius 1 is 1.22 bits per heavy atom. The van der Waals surface area contributed by atoms with Crippen LogP contribution in [0.3, 0.4) is 0 Å². The van der Waals surface area contributed by atoms with Crippen LogP contribution in [-0.4, -0.2) is 21.5 Å². The normalized spacial score (nSPS) is 16.8. The molecule has 4 rings (SSSR count). The van der Waals surface area contributed by atoms with Crippen molar-refractivity contribution in [2.24, 2.45) is 7.05 Å². The van der Waals surface area contributed by atoms with Crippen LogP contribution in [0.4, 0.5) is 5.69 Å². The Balaban J connectivity index is 1.79. The largest absolute Gasteiger partial charge is 0.326 e. The maximum Gasteiger partial charge on any atom is 0.326 e. The van der Waals surface area contributed by atoms with Crippen LogP contribution >= 0.6 is 0 Å². The molecule has 116 valence electrons. The fourth-order valence-corrected chi connectivity index (χ4v) is 3.38. The number of fused-ring (bicyclic) bond motifs is 2. The van der Waals surface area contributed by atoms with E-state index < -0.39 is 0 Å². The van der Waals surface area contributed by atoms with E-state index in [2.05, 4.69) is 18.0 Å². The summed E-state index contributed by atoms with van der Waals surface area (Å²) in [5, 5.41) is 0. The zero-order chi connectivity index (χ0) is 16.1. The second kappa shape index (κ2) is 4.84. The highest BCUT2D eigenvalue weighted by Gasteiger charge is 2.31. The summed E-state index contributed by atoms with van der Waals surface area (Å²) in [4.78, 5) is 29.3. The molecule has 0 unspecified atom stereocenters. The third-order valence-corrected chi connectivity index (χ3v) is 4.58. The molecule has 1 aromatic heterocycles. The number of aryl methyl sites for hydroxylation is 1. The quantitative estimate of drug-likeness (QED) is 0.751. The number of aromatic amines is 1. The van der Waals surface area contributed by atoms with Gasteiger partial charge >= 0.3 is 5.69 Å². The summed E-state index contributed by atoms with van der Waals surface area (Å²) in [6, 6.07) is 13.5. The fraction of sp³-hybridized carbons (Fsp3) is 0.222. The van der Waals surface area contributed by atoms with Crippen molar-refractivity contribution in [2.45, 2.75) is 19.4 Å². The predicted octanol–water partition coefficient (Wildman–Crippen LogP) is 2.46. The molecule has 0 saturated heterocycles. The van der Waals surface area contributed by atoms with Crippen molar-refractivity contribution in [1.82, 2.24) is 9.55 Å². The van der Waals surface area contributed by atoms with Crippen molar-refractivity contribution in [3.05, 3.63) is 64.1 Å². The van der Waals surface area contributed by atoms with Crippen LogP contribution < -0.4 is 10.6 Å². The smallest absolute Gasteiger partial charge is 0.306 e. The minimum Gasteiger partial charge on any atom is -0.306 e. The molecule has 1 N–H and O–H groups in total. The number of amides is 1. The van der Waals surface area contributed by atoms with Gasteiger partial charge < -0.3 is 9.88 Å². The fourth-order valence-electron chi connectivity index (χ4n) is 3.38. The molecule has 3 aromatic rings. The van der Waals surface area contributed by atoms with Gasteiger partial charge in [-0.05, 0) is 43.2 Å². The molecule has 0 aliphatic carbocycles. The lowest BCUT2D eigenvalue weighted by Gasteiger charge is -2.22. The van der Waals surface area contributed by atoms with Crippen LogP contribution in [-0.2, 0) is 13.5 Å². The number of nitrogens with zero attached hydrogens (tertiary/aromatic N) is 2. The molecule has 1 atom stereocenters. The maximum atomic E-state index is 13.0. The Bertz CT molecular complexity index is 983. The molecular weight excluding hydrogens is 290 g/mol. The van der Waals surface area contributed by atoms with Crippen LogP contribution in [0.2, 0.25) is 0 Å². The number of H-pyrrole nitrogens is 1. The number of para-hydroxylation sites is 1. The summed E-state index contributed by atoms with van der Waals surface area (Å²) in [7, 11) is 1.71. The average molecular weight is 307 g/mol. The minimum absolute atomic E-state index is 0.0333. The van der Waals surface area contributed by atoms with Crippen LogP contribution in [0.5, 0.6) is 0 Å². The number of benzene rings is 2. The number of rotatable bonds is 1. The Morgan fingerprint density at radius 3 is 2.83 bits per heavy atom. The van der Waals surface area contributed by atoms with Crippen LogP contribution in [0.15, 0.2) is 47.3 Å². The number of nitrogens with one attached hydrogen (secondary N) is 1. The predicted molar refractivity (Wildman–Crippen MR) is 90.0 cm³/mol. The van der Waals surface area contributed by atoms with E-state index in [-0.39, 0.29) is 17.6 Å². The molecule has 1 aliphatic heterocycles. The van der Waals surface area contributed by atoms with E-state index in [1.165, 1.54) is 10.1 Å². The highest BCUT2D eigenvalue weighted by atomic mass is 16.2. The third kappa shape index (κ3) is 2.00. The summed E-state index contributed by atoms with van der Waals surface area (Å²) < 4.78 is 1.54. The van der Waals surface area contributed by atoms with Gasteiger partial charge in [0.2, 0.25) is 0 Å². The lowest BCUT2D eigenvalue weighted by atomic mass is 10.1. The van der Waals surface area contributed by atoms with Gasteiger partial charge in [-0.15, -0.1) is 0 Å². The van der Waals surface area contributed by atoms with Gasteiger partial charge in [-0.25, -0.2) is 4.79 Å². The van der Waals surface area contributed by atoms with E-state index in [9.17, 15) is 9.59 Å². The molecule has 0 fully saturated rings. The molecule has 2 aromatic carbocycles. The Morgan fingerprint density at radius 2 is 2.00 bits per heavy atom. The first-order valence-corrected chi connectivity index (χ1v) is 7.66. The average Bonchev–Trinajstić information content (AvgIpc) is 3.02. The molecule has 5 nitrogen and oxygen atoms in total. The van der Waals surface area contributed by atoms with Gasteiger partial charge in [0.15, 0.2) is 0 Å². The first-order valence-electron chi connectivity index (χ1n) is 7.66. The second-order valence-electron chi connectivity index (χ2n) is 6.08. The van der Waals surface area contributed by atoms with E-state index in [0.717, 1.165) is 17.6 Å². The minimum atomic E-state index is -0.176. The first-order chi connectivity index (χ1) is 11.1. The Kier molecular flexibility index (Phi) is 2.91. The summed E-state index contributed by atoms with van der Waals surface area (Å²) in [5.74, 6) is -0.0333. The molecule has 0 spiro atoms. The van der Waals surface area contributed by atoms with Crippen LogP contribution in [0.1, 0.15) is 22.8 Å². The van der Waals surface area contributed by atoms with Gasteiger partial charge in [-0.2, -0.15) is 0 Å². The summed E-state index contributed by atoms with van der Waals surface area (Å²) in [6.45, 7) is 2.06. The number of hydrogen-bond donors (Lipinski definition) is 1. The Hall–Kier alpha value is -2.82. The first kappa shape index (κ1) is 13.8. The van der Waals surface area contributed by atoms with Crippen molar-refractivity contribution >= 4 is 22.6 Å². The highest BCUT2D eigenvalue weighted by molar-refractivity contribution is 6.09. The lowest BCUT2D eigenvalue weighted by molar-refractivity contribution is 0.0981. The van der Waals surface area contributed by atoms with Crippen LogP contribution in [0, 0.1) is 0 Å². The summed E-state index contributed by atoms with van der Waals surface area (Å²) >= 11 is 0. The third-order valence-electron chi connectivity index (χ3n) is 4.58. The molecule has 0 bridgehead atoms. The van der Waals surface area contributed by atoms with E-state index in [1.807, 2.05) is 29.2 Å². The van der Waals surface area contributed by atoms with Gasteiger partial charge in [0.1, 0.15) is 0 Å². The molecule has 1 aliphatic rings. The number of imidazole rings is 1. The zero-order valence-electron chi connectivity index (χ0n) is 13.0. The van der Waals surface area contributed by atoms with Gasteiger partial charge in [-0.1, -0.05) is 18.2 Å². The maximum absolute atomic E-state index is 13.0. The summed E-state index contributed by atoms with van der Waals surface area (Å²) in [5.41, 5.74) is 4.06. The molecule has 2 heterocycles. The molecule has 1 amide bonds. The van der Waals surface area contributed by atoms with Crippen molar-refractivity contribution in [1.29, 1.82) is 0 Å². The number of carbonyl (C=O) groups is 1. The van der Waals surface area contributed by atoms with Gasteiger partial charge in [-0.3, -0.25) is 9.36 Å². The van der Waals surface area contributed by atoms with Crippen molar-refractivity contribution in [3.8, 4) is 0 Å². The van der Waals surface area contributed by atoms with Gasteiger partial charge in [0.25, 0.3) is 5.91 Å². The SMILES string of the molecule is C[C@@H]1Cc2ccccc2N1C(=O)c1ccc2c(c1)[nH]c(=O)n2C. The number of anilines is 1. The monoisotopic (exact) mass is 307 g/mol. The number of hydrogen-bond acceptors (Lipinski definition) is 2. The lowest BCUT2D eigenvalue weighted by Crippen LogP contribution is -2.35. The van der Waals surface area contributed by atoms with Crippen molar-refractivity contribution < 1.29 is 4.79 Å². The Labute approximate surface area is 133 Å². The topological polar surface area (TPSA) is 58.1 Å². The standard InChI is InChI=1S/C18H17N3O2/c1-11-9-12-5-3-4-6-15(12)21(11)17(22)13-7-8-16-14(10-13)19-18(23)20(16)2/h3-8,10-11H,9H2,1-2H3,(H,19,23)/t11-/m1/s1. The van der Waals surface area contributed by atoms with E-state index in [0.29, 0.717) is 11.1 Å². The number of aromatic nitrogens is 2. The van der Waals surface area contributed by atoms with Crippen molar-refractivity contribution in [3.63, 3.8) is 0 Å². The van der Waals surface area contributed by atoms with Gasteiger partial charge in [0.05, 0.1) is 11.0 Å². The number of carbonyl (C=O) groups excluding carboxylic acids is 1. The molecule has 0 radical (unpaired) electrons. The van der Waals surface area contributed by atoms with Crippen molar-refractivity contribution in [2.75, 3.05) is 4.90 Å². The summed E-state index contributed by atoms with van der Waals surface area (Å²) in [6.07, 6.45) is 0.867. The van der Waals surface area contributed by atoms with E-state index in [1.54, 1.807) is 19.2 Å². The second-order valence-corrected chi connectivity index (χ2v) is 6.08. The van der Waals surface area contributed by atoms with E-state index in [4.69, 9.17) is 0 Å². The molecule has 23 heavy (non-hydrogen) atoms.